The van der Waals surface area contributed by atoms with E-state index in [2.05, 4.69) is 17.6 Å². The lowest BCUT2D eigenvalue weighted by Gasteiger charge is -2.12. The van der Waals surface area contributed by atoms with E-state index in [1.807, 2.05) is 42.5 Å². The van der Waals surface area contributed by atoms with Crippen molar-refractivity contribution in [1.82, 2.24) is 5.32 Å². The van der Waals surface area contributed by atoms with E-state index in [1.54, 1.807) is 24.5 Å². The van der Waals surface area contributed by atoms with Gasteiger partial charge in [0.15, 0.2) is 0 Å². The van der Waals surface area contributed by atoms with Crippen molar-refractivity contribution in [2.24, 2.45) is 0 Å². The lowest BCUT2D eigenvalue weighted by atomic mass is 10.1. The van der Waals surface area contributed by atoms with Gasteiger partial charge in [0.2, 0.25) is 5.91 Å². The fraction of sp³-hybridized carbons (Fsp3) is 0.182. The molecule has 0 aliphatic rings. The Labute approximate surface area is 168 Å². The van der Waals surface area contributed by atoms with E-state index in [-0.39, 0.29) is 17.6 Å². The van der Waals surface area contributed by atoms with E-state index in [9.17, 15) is 9.59 Å². The van der Waals surface area contributed by atoms with Crippen LogP contribution in [0.4, 0.5) is 5.69 Å². The molecule has 0 fully saturated rings. The van der Waals surface area contributed by atoms with Gasteiger partial charge in [0.1, 0.15) is 5.76 Å². The van der Waals surface area contributed by atoms with Crippen molar-refractivity contribution >= 4 is 29.3 Å². The Kier molecular flexibility index (Phi) is 6.92. The summed E-state index contributed by atoms with van der Waals surface area (Å²) in [6, 6.07) is 18.6. The molecule has 2 N–H and O–H groups in total. The predicted molar refractivity (Wildman–Crippen MR) is 111 cm³/mol. The normalized spacial score (nSPS) is 10.5. The summed E-state index contributed by atoms with van der Waals surface area (Å²) in [5, 5.41) is 5.79. The van der Waals surface area contributed by atoms with Gasteiger partial charge in [-0.05, 0) is 42.3 Å². The number of anilines is 1. The standard InChI is InChI=1S/C22H22N2O3S/c1-2-16-8-3-5-11-19(16)24-22(26)18-10-4-6-12-20(18)28-15-21(25)23-14-17-9-7-13-27-17/h3-13H,2,14-15H2,1H3,(H,23,25)(H,24,26). The van der Waals surface area contributed by atoms with Crippen LogP contribution >= 0.6 is 11.8 Å². The van der Waals surface area contributed by atoms with E-state index in [4.69, 9.17) is 4.42 Å². The first kappa shape index (κ1) is 19.8. The molecule has 144 valence electrons. The molecular formula is C22H22N2O3S. The topological polar surface area (TPSA) is 71.3 Å². The summed E-state index contributed by atoms with van der Waals surface area (Å²) in [5.74, 6) is 0.622. The Morgan fingerprint density at radius 1 is 1.00 bits per heavy atom. The quantitative estimate of drug-likeness (QED) is 0.552. The molecule has 0 aliphatic carbocycles. The van der Waals surface area contributed by atoms with Gasteiger partial charge in [0, 0.05) is 10.6 Å². The van der Waals surface area contributed by atoms with Crippen molar-refractivity contribution in [2.45, 2.75) is 24.8 Å². The zero-order valence-electron chi connectivity index (χ0n) is 15.6. The van der Waals surface area contributed by atoms with Crippen LogP contribution < -0.4 is 10.6 Å². The number of hydrogen-bond acceptors (Lipinski definition) is 4. The molecule has 28 heavy (non-hydrogen) atoms. The fourth-order valence-electron chi connectivity index (χ4n) is 2.71. The van der Waals surface area contributed by atoms with Gasteiger partial charge in [-0.3, -0.25) is 9.59 Å². The van der Waals surface area contributed by atoms with E-state index in [0.29, 0.717) is 17.9 Å². The van der Waals surface area contributed by atoms with Crippen LogP contribution in [0.1, 0.15) is 28.6 Å². The van der Waals surface area contributed by atoms with Crippen molar-refractivity contribution in [3.63, 3.8) is 0 Å². The van der Waals surface area contributed by atoms with Crippen molar-refractivity contribution in [1.29, 1.82) is 0 Å². The second-order valence-corrected chi connectivity index (χ2v) is 7.12. The van der Waals surface area contributed by atoms with E-state index < -0.39 is 0 Å². The molecule has 0 radical (unpaired) electrons. The van der Waals surface area contributed by atoms with Crippen LogP contribution in [0.15, 0.2) is 76.2 Å². The molecule has 0 saturated carbocycles. The largest absolute Gasteiger partial charge is 0.467 e. The van der Waals surface area contributed by atoms with Gasteiger partial charge in [-0.2, -0.15) is 0 Å². The third-order valence-electron chi connectivity index (χ3n) is 4.18. The monoisotopic (exact) mass is 394 g/mol. The van der Waals surface area contributed by atoms with Gasteiger partial charge in [0.05, 0.1) is 24.1 Å². The second-order valence-electron chi connectivity index (χ2n) is 6.11. The van der Waals surface area contributed by atoms with Gasteiger partial charge >= 0.3 is 0 Å². The highest BCUT2D eigenvalue weighted by Crippen LogP contribution is 2.24. The number of nitrogens with one attached hydrogen (secondary N) is 2. The molecule has 0 spiro atoms. The van der Waals surface area contributed by atoms with Gasteiger partial charge < -0.3 is 15.1 Å². The molecule has 5 nitrogen and oxygen atoms in total. The molecule has 0 unspecified atom stereocenters. The maximum atomic E-state index is 12.8. The summed E-state index contributed by atoms with van der Waals surface area (Å²) >= 11 is 1.34. The molecule has 1 aromatic heterocycles. The van der Waals surface area contributed by atoms with Crippen LogP contribution in [0.5, 0.6) is 0 Å². The Hall–Kier alpha value is -2.99. The van der Waals surface area contributed by atoms with Crippen molar-refractivity contribution in [3.05, 3.63) is 83.8 Å². The van der Waals surface area contributed by atoms with Crippen LogP contribution in [0.3, 0.4) is 0 Å². The third kappa shape index (κ3) is 5.27. The van der Waals surface area contributed by atoms with E-state index in [1.165, 1.54) is 11.8 Å². The molecular weight excluding hydrogens is 372 g/mol. The van der Waals surface area contributed by atoms with Crippen LogP contribution in [0.25, 0.3) is 0 Å². The molecule has 2 amide bonds. The molecule has 6 heteroatoms. The van der Waals surface area contributed by atoms with Gasteiger partial charge in [-0.15, -0.1) is 11.8 Å². The molecule has 0 atom stereocenters. The first-order valence-electron chi connectivity index (χ1n) is 9.07. The Bertz CT molecular complexity index is 938. The molecule has 2 aromatic carbocycles. The average molecular weight is 394 g/mol. The Morgan fingerprint density at radius 3 is 2.57 bits per heavy atom. The SMILES string of the molecule is CCc1ccccc1NC(=O)c1ccccc1SCC(=O)NCc1ccco1. The first-order chi connectivity index (χ1) is 13.7. The smallest absolute Gasteiger partial charge is 0.256 e. The fourth-order valence-corrected chi connectivity index (χ4v) is 3.59. The zero-order valence-corrected chi connectivity index (χ0v) is 16.4. The van der Waals surface area contributed by atoms with Gasteiger partial charge in [-0.25, -0.2) is 0 Å². The molecule has 0 aliphatic heterocycles. The predicted octanol–water partition coefficient (Wildman–Crippen LogP) is 4.50. The van der Waals surface area contributed by atoms with Crippen molar-refractivity contribution in [2.75, 3.05) is 11.1 Å². The molecule has 0 saturated heterocycles. The summed E-state index contributed by atoms with van der Waals surface area (Å²) < 4.78 is 5.20. The average Bonchev–Trinajstić information content (AvgIpc) is 3.25. The zero-order chi connectivity index (χ0) is 19.8. The van der Waals surface area contributed by atoms with E-state index >= 15 is 0 Å². The van der Waals surface area contributed by atoms with Crippen molar-refractivity contribution < 1.29 is 14.0 Å². The maximum Gasteiger partial charge on any atom is 0.256 e. The Morgan fingerprint density at radius 2 is 1.79 bits per heavy atom. The number of carbonyl (C=O) groups is 2. The first-order valence-corrected chi connectivity index (χ1v) is 10.1. The number of para-hydroxylation sites is 1. The highest BCUT2D eigenvalue weighted by atomic mass is 32.2. The van der Waals surface area contributed by atoms with E-state index in [0.717, 1.165) is 22.6 Å². The number of furan rings is 1. The third-order valence-corrected chi connectivity index (χ3v) is 5.25. The molecule has 0 bridgehead atoms. The lowest BCUT2D eigenvalue weighted by Crippen LogP contribution is -2.24. The highest BCUT2D eigenvalue weighted by Gasteiger charge is 2.14. The number of carbonyl (C=O) groups excluding carboxylic acids is 2. The van der Waals surface area contributed by atoms with Gasteiger partial charge in [-0.1, -0.05) is 37.3 Å². The second kappa shape index (κ2) is 9.80. The van der Waals surface area contributed by atoms with Crippen LogP contribution in [0.2, 0.25) is 0 Å². The minimum atomic E-state index is -0.181. The minimum Gasteiger partial charge on any atom is -0.467 e. The summed E-state index contributed by atoms with van der Waals surface area (Å²) in [6.45, 7) is 2.40. The van der Waals surface area contributed by atoms with Crippen LogP contribution in [-0.4, -0.2) is 17.6 Å². The van der Waals surface area contributed by atoms with Gasteiger partial charge in [0.25, 0.3) is 5.91 Å². The number of thioether (sulfide) groups is 1. The molecule has 1 heterocycles. The maximum absolute atomic E-state index is 12.8. The Balaban J connectivity index is 1.62. The number of aryl methyl sites for hydroxylation is 1. The molecule has 3 rings (SSSR count). The van der Waals surface area contributed by atoms with Crippen LogP contribution in [-0.2, 0) is 17.8 Å². The van der Waals surface area contributed by atoms with Crippen molar-refractivity contribution in [3.8, 4) is 0 Å². The van der Waals surface area contributed by atoms with Crippen LogP contribution in [0, 0.1) is 0 Å². The highest BCUT2D eigenvalue weighted by molar-refractivity contribution is 8.00. The number of benzene rings is 2. The number of amides is 2. The summed E-state index contributed by atoms with van der Waals surface area (Å²) in [5.41, 5.74) is 2.45. The summed E-state index contributed by atoms with van der Waals surface area (Å²) in [6.07, 6.45) is 2.41. The molecule has 3 aromatic rings. The summed E-state index contributed by atoms with van der Waals surface area (Å²) in [7, 11) is 0. The summed E-state index contributed by atoms with van der Waals surface area (Å²) in [4.78, 5) is 25.7. The lowest BCUT2D eigenvalue weighted by molar-refractivity contribution is -0.118. The minimum absolute atomic E-state index is 0.118. The number of rotatable bonds is 8. The number of hydrogen-bond donors (Lipinski definition) is 2.